The fraction of sp³-hybridized carbons (Fsp3) is 0.333. The van der Waals surface area contributed by atoms with Gasteiger partial charge in [0.1, 0.15) is 11.7 Å². The number of carbonyl (C=O) groups excluding carboxylic acids is 2. The van der Waals surface area contributed by atoms with E-state index in [2.05, 4.69) is 15.3 Å². The van der Waals surface area contributed by atoms with Gasteiger partial charge in [-0.05, 0) is 54.8 Å². The van der Waals surface area contributed by atoms with E-state index in [9.17, 15) is 9.59 Å². The molecular weight excluding hydrogens is 444 g/mol. The lowest BCUT2D eigenvalue weighted by atomic mass is 9.94. The second kappa shape index (κ2) is 11.5. The predicted molar refractivity (Wildman–Crippen MR) is 133 cm³/mol. The standard InChI is InChI=1S/C27H30N4O4/c1-34-23-14-13-19(17-24(23)35-2)25(26(32)30-20-9-4-3-5-10-20)31(21-11-8-15-28-18-21)27(33)22-12-6-7-16-29-22/h6-8,11-18,20,25H,3-5,9-10H2,1-2H3,(H,30,32). The number of ether oxygens (including phenoxy) is 2. The van der Waals surface area contributed by atoms with Gasteiger partial charge >= 0.3 is 0 Å². The normalized spacial score (nSPS) is 14.6. The van der Waals surface area contributed by atoms with Crippen LogP contribution in [0.25, 0.3) is 0 Å². The highest BCUT2D eigenvalue weighted by atomic mass is 16.5. The number of aromatic nitrogens is 2. The van der Waals surface area contributed by atoms with Crippen LogP contribution >= 0.6 is 0 Å². The molecule has 2 heterocycles. The number of hydrogen-bond acceptors (Lipinski definition) is 6. The summed E-state index contributed by atoms with van der Waals surface area (Å²) in [7, 11) is 3.09. The van der Waals surface area contributed by atoms with Crippen LogP contribution in [0.1, 0.15) is 54.2 Å². The van der Waals surface area contributed by atoms with Crippen LogP contribution in [0.3, 0.4) is 0 Å². The molecule has 1 atom stereocenters. The van der Waals surface area contributed by atoms with Crippen molar-refractivity contribution in [1.29, 1.82) is 0 Å². The first-order valence-electron chi connectivity index (χ1n) is 11.8. The first kappa shape index (κ1) is 24.2. The molecule has 3 aromatic rings. The molecule has 8 heteroatoms. The van der Waals surface area contributed by atoms with Crippen molar-refractivity contribution in [2.24, 2.45) is 0 Å². The van der Waals surface area contributed by atoms with Crippen molar-refractivity contribution in [1.82, 2.24) is 15.3 Å². The SMILES string of the molecule is COc1ccc(C(C(=O)NC2CCCCC2)N(C(=O)c2ccccn2)c2cccnc2)cc1OC. The number of anilines is 1. The maximum Gasteiger partial charge on any atom is 0.277 e. The average molecular weight is 475 g/mol. The van der Waals surface area contributed by atoms with Crippen LogP contribution in [0.15, 0.2) is 67.1 Å². The molecule has 8 nitrogen and oxygen atoms in total. The maximum atomic E-state index is 13.9. The minimum Gasteiger partial charge on any atom is -0.493 e. The third kappa shape index (κ3) is 5.59. The molecule has 0 bridgehead atoms. The molecule has 4 rings (SSSR count). The summed E-state index contributed by atoms with van der Waals surface area (Å²) in [5.74, 6) is 0.331. The first-order chi connectivity index (χ1) is 17.1. The summed E-state index contributed by atoms with van der Waals surface area (Å²) in [4.78, 5) is 37.6. The van der Waals surface area contributed by atoms with Gasteiger partial charge in [-0.3, -0.25) is 24.5 Å². The third-order valence-corrected chi connectivity index (χ3v) is 6.21. The Morgan fingerprint density at radius 1 is 0.971 bits per heavy atom. The van der Waals surface area contributed by atoms with Crippen molar-refractivity contribution in [3.8, 4) is 11.5 Å². The molecule has 2 aromatic heterocycles. The van der Waals surface area contributed by atoms with Crippen LogP contribution in [-0.4, -0.2) is 42.0 Å². The Hall–Kier alpha value is -3.94. The molecule has 1 unspecified atom stereocenters. The van der Waals surface area contributed by atoms with E-state index >= 15 is 0 Å². The largest absolute Gasteiger partial charge is 0.493 e. The summed E-state index contributed by atoms with van der Waals surface area (Å²) in [6, 6.07) is 13.0. The minimum atomic E-state index is -0.976. The van der Waals surface area contributed by atoms with Crippen LogP contribution < -0.4 is 19.7 Å². The van der Waals surface area contributed by atoms with Crippen LogP contribution in [-0.2, 0) is 4.79 Å². The summed E-state index contributed by atoms with van der Waals surface area (Å²) < 4.78 is 10.9. The van der Waals surface area contributed by atoms with Gasteiger partial charge in [0, 0.05) is 18.4 Å². The second-order valence-corrected chi connectivity index (χ2v) is 8.46. The Morgan fingerprint density at radius 3 is 2.43 bits per heavy atom. The molecule has 1 aliphatic carbocycles. The van der Waals surface area contributed by atoms with E-state index in [0.717, 1.165) is 25.7 Å². The lowest BCUT2D eigenvalue weighted by Gasteiger charge is -2.33. The molecular formula is C27H30N4O4. The summed E-state index contributed by atoms with van der Waals surface area (Å²) in [6.45, 7) is 0. The van der Waals surface area contributed by atoms with Crippen LogP contribution in [0, 0.1) is 0 Å². The highest BCUT2D eigenvalue weighted by molar-refractivity contribution is 6.09. The molecule has 2 amide bonds. The molecule has 1 N–H and O–H groups in total. The smallest absolute Gasteiger partial charge is 0.277 e. The van der Waals surface area contributed by atoms with Crippen molar-refractivity contribution < 1.29 is 19.1 Å². The molecule has 1 saturated carbocycles. The zero-order valence-corrected chi connectivity index (χ0v) is 20.0. The molecule has 1 aromatic carbocycles. The summed E-state index contributed by atoms with van der Waals surface area (Å²) in [5.41, 5.74) is 1.30. The van der Waals surface area contributed by atoms with E-state index in [1.54, 1.807) is 74.2 Å². The molecule has 0 aliphatic heterocycles. The van der Waals surface area contributed by atoms with E-state index in [1.807, 2.05) is 0 Å². The fourth-order valence-corrected chi connectivity index (χ4v) is 4.46. The Labute approximate surface area is 205 Å². The molecule has 1 aliphatic rings. The predicted octanol–water partition coefficient (Wildman–Crippen LogP) is 4.33. The number of benzene rings is 1. The van der Waals surface area contributed by atoms with Crippen molar-refractivity contribution in [3.63, 3.8) is 0 Å². The third-order valence-electron chi connectivity index (χ3n) is 6.21. The Kier molecular flexibility index (Phi) is 7.92. The monoisotopic (exact) mass is 474 g/mol. The Bertz CT molecular complexity index is 1130. The van der Waals surface area contributed by atoms with Gasteiger partial charge in [-0.25, -0.2) is 0 Å². The summed E-state index contributed by atoms with van der Waals surface area (Å²) in [6.07, 6.45) is 9.92. The van der Waals surface area contributed by atoms with E-state index in [0.29, 0.717) is 22.7 Å². The number of pyridine rings is 2. The van der Waals surface area contributed by atoms with Gasteiger partial charge in [0.25, 0.3) is 5.91 Å². The number of rotatable bonds is 8. The van der Waals surface area contributed by atoms with Crippen molar-refractivity contribution in [2.45, 2.75) is 44.2 Å². The average Bonchev–Trinajstić information content (AvgIpc) is 2.92. The van der Waals surface area contributed by atoms with E-state index in [4.69, 9.17) is 9.47 Å². The molecule has 182 valence electrons. The quantitative estimate of drug-likeness (QED) is 0.522. The van der Waals surface area contributed by atoms with Gasteiger partial charge < -0.3 is 14.8 Å². The maximum absolute atomic E-state index is 13.9. The van der Waals surface area contributed by atoms with Crippen molar-refractivity contribution >= 4 is 17.5 Å². The highest BCUT2D eigenvalue weighted by Crippen LogP contribution is 2.35. The molecule has 0 spiro atoms. The van der Waals surface area contributed by atoms with Crippen molar-refractivity contribution in [2.75, 3.05) is 19.1 Å². The Morgan fingerprint density at radius 2 is 1.77 bits per heavy atom. The number of methoxy groups -OCH3 is 2. The zero-order chi connectivity index (χ0) is 24.6. The van der Waals surface area contributed by atoms with E-state index in [-0.39, 0.29) is 17.6 Å². The van der Waals surface area contributed by atoms with Crippen LogP contribution in [0.4, 0.5) is 5.69 Å². The number of amides is 2. The van der Waals surface area contributed by atoms with Gasteiger partial charge in [-0.2, -0.15) is 0 Å². The zero-order valence-electron chi connectivity index (χ0n) is 20.0. The van der Waals surface area contributed by atoms with Gasteiger partial charge in [0.2, 0.25) is 5.91 Å². The number of nitrogens with one attached hydrogen (secondary N) is 1. The lowest BCUT2D eigenvalue weighted by Crippen LogP contribution is -2.47. The highest BCUT2D eigenvalue weighted by Gasteiger charge is 2.35. The molecule has 0 saturated heterocycles. The number of carbonyl (C=O) groups is 2. The van der Waals surface area contributed by atoms with Crippen LogP contribution in [0.2, 0.25) is 0 Å². The first-order valence-corrected chi connectivity index (χ1v) is 11.8. The lowest BCUT2D eigenvalue weighted by molar-refractivity contribution is -0.123. The van der Waals surface area contributed by atoms with Gasteiger partial charge in [-0.1, -0.05) is 31.4 Å². The molecule has 35 heavy (non-hydrogen) atoms. The van der Waals surface area contributed by atoms with Gasteiger partial charge in [0.05, 0.1) is 26.1 Å². The number of hydrogen-bond donors (Lipinski definition) is 1. The number of nitrogens with zero attached hydrogens (tertiary/aromatic N) is 3. The summed E-state index contributed by atoms with van der Waals surface area (Å²) >= 11 is 0. The fourth-order valence-electron chi connectivity index (χ4n) is 4.46. The second-order valence-electron chi connectivity index (χ2n) is 8.46. The van der Waals surface area contributed by atoms with E-state index in [1.165, 1.54) is 18.4 Å². The summed E-state index contributed by atoms with van der Waals surface area (Å²) in [5, 5.41) is 3.19. The molecule has 0 radical (unpaired) electrons. The van der Waals surface area contributed by atoms with E-state index < -0.39 is 11.9 Å². The van der Waals surface area contributed by atoms with Gasteiger partial charge in [0.15, 0.2) is 11.5 Å². The minimum absolute atomic E-state index is 0.0691. The molecule has 1 fully saturated rings. The van der Waals surface area contributed by atoms with Gasteiger partial charge in [-0.15, -0.1) is 0 Å². The topological polar surface area (TPSA) is 93.7 Å². The van der Waals surface area contributed by atoms with Crippen molar-refractivity contribution in [3.05, 3.63) is 78.4 Å². The Balaban J connectivity index is 1.82. The van der Waals surface area contributed by atoms with Crippen LogP contribution in [0.5, 0.6) is 11.5 Å².